The molecule has 5 atom stereocenters. The van der Waals surface area contributed by atoms with E-state index >= 15 is 0 Å². The van der Waals surface area contributed by atoms with Crippen molar-refractivity contribution in [3.8, 4) is 0 Å². The van der Waals surface area contributed by atoms with Gasteiger partial charge in [0.25, 0.3) is 0 Å². The first-order valence-electron chi connectivity index (χ1n) is 10.1. The van der Waals surface area contributed by atoms with Crippen molar-refractivity contribution in [2.75, 3.05) is 0 Å². The second-order valence-corrected chi connectivity index (χ2v) is 9.38. The zero-order valence-electron chi connectivity index (χ0n) is 16.5. The normalized spacial score (nSPS) is 41.5. The highest BCUT2D eigenvalue weighted by molar-refractivity contribution is 5.17. The average molecular weight is 317 g/mol. The Labute approximate surface area is 145 Å². The first-order chi connectivity index (χ1) is 10.8. The van der Waals surface area contributed by atoms with Gasteiger partial charge in [0.1, 0.15) is 0 Å². The maximum absolute atomic E-state index is 4.58. The van der Waals surface area contributed by atoms with E-state index in [1.807, 2.05) is 0 Å². The van der Waals surface area contributed by atoms with Gasteiger partial charge in [0.15, 0.2) is 0 Å². The van der Waals surface area contributed by atoms with Gasteiger partial charge in [-0.2, -0.15) is 0 Å². The third-order valence-corrected chi connectivity index (χ3v) is 7.66. The molecule has 0 amide bonds. The van der Waals surface area contributed by atoms with Gasteiger partial charge in [0.05, 0.1) is 0 Å². The first-order valence-corrected chi connectivity index (χ1v) is 10.1. The van der Waals surface area contributed by atoms with Gasteiger partial charge in [0.2, 0.25) is 0 Å². The summed E-state index contributed by atoms with van der Waals surface area (Å²) in [5.41, 5.74) is 2.27. The topological polar surface area (TPSA) is 0 Å². The van der Waals surface area contributed by atoms with E-state index in [0.717, 1.165) is 23.7 Å². The van der Waals surface area contributed by atoms with Crippen LogP contribution >= 0.6 is 0 Å². The van der Waals surface area contributed by atoms with Crippen molar-refractivity contribution < 1.29 is 0 Å². The third kappa shape index (κ3) is 3.47. The third-order valence-electron chi connectivity index (χ3n) is 7.66. The van der Waals surface area contributed by atoms with Gasteiger partial charge in [0, 0.05) is 0 Å². The first kappa shape index (κ1) is 18.8. The van der Waals surface area contributed by atoms with Gasteiger partial charge in [-0.1, -0.05) is 65.7 Å². The fraction of sp³-hybridized carbons (Fsp3) is 0.826. The minimum atomic E-state index is 0.348. The van der Waals surface area contributed by atoms with Crippen LogP contribution in [-0.4, -0.2) is 0 Å². The predicted molar refractivity (Wildman–Crippen MR) is 103 cm³/mol. The Kier molecular flexibility index (Phi) is 5.85. The van der Waals surface area contributed by atoms with Crippen LogP contribution < -0.4 is 0 Å². The Morgan fingerprint density at radius 2 is 1.96 bits per heavy atom. The molecule has 0 radical (unpaired) electrons. The Morgan fingerprint density at radius 1 is 1.26 bits per heavy atom. The van der Waals surface area contributed by atoms with Gasteiger partial charge in [-0.25, -0.2) is 0 Å². The molecule has 2 aliphatic rings. The van der Waals surface area contributed by atoms with E-state index in [9.17, 15) is 0 Å². The van der Waals surface area contributed by atoms with Crippen LogP contribution in [0.15, 0.2) is 24.8 Å². The van der Waals surface area contributed by atoms with Gasteiger partial charge < -0.3 is 0 Å². The molecule has 0 nitrogen and oxygen atoms in total. The molecule has 0 aromatic heterocycles. The van der Waals surface area contributed by atoms with Crippen LogP contribution in [0, 0.1) is 34.5 Å². The minimum Gasteiger partial charge on any atom is -0.103 e. The van der Waals surface area contributed by atoms with Crippen molar-refractivity contribution in [2.45, 2.75) is 86.0 Å². The number of allylic oxidation sites excluding steroid dienone is 2. The van der Waals surface area contributed by atoms with Crippen LogP contribution in [0.2, 0.25) is 0 Å². The molecule has 0 aromatic carbocycles. The van der Waals surface area contributed by atoms with Crippen LogP contribution in [0.1, 0.15) is 86.0 Å². The molecule has 2 rings (SSSR count). The quantitative estimate of drug-likeness (QED) is 0.463. The van der Waals surface area contributed by atoms with Crippen LogP contribution in [0.3, 0.4) is 0 Å². The van der Waals surface area contributed by atoms with Crippen molar-refractivity contribution in [3.63, 3.8) is 0 Å². The highest BCUT2D eigenvalue weighted by Crippen LogP contribution is 2.60. The largest absolute Gasteiger partial charge is 0.103 e. The van der Waals surface area contributed by atoms with E-state index < -0.39 is 0 Å². The number of fused-ring (bicyclic) bond motifs is 1. The average Bonchev–Trinajstić information content (AvgIpc) is 2.63. The zero-order valence-corrected chi connectivity index (χ0v) is 16.5. The lowest BCUT2D eigenvalue weighted by atomic mass is 9.51. The number of hydrogen-bond acceptors (Lipinski definition) is 0. The lowest BCUT2D eigenvalue weighted by Crippen LogP contribution is -2.45. The summed E-state index contributed by atoms with van der Waals surface area (Å²) < 4.78 is 0. The number of hydrogen-bond donors (Lipinski definition) is 0. The summed E-state index contributed by atoms with van der Waals surface area (Å²) in [6.45, 7) is 21.0. The maximum atomic E-state index is 4.58. The van der Waals surface area contributed by atoms with Gasteiger partial charge in [-0.05, 0) is 73.0 Å². The van der Waals surface area contributed by atoms with Crippen molar-refractivity contribution >= 4 is 0 Å². The molecule has 0 saturated heterocycles. The summed E-state index contributed by atoms with van der Waals surface area (Å²) in [7, 11) is 0. The molecular weight excluding hydrogens is 276 g/mol. The molecule has 23 heavy (non-hydrogen) atoms. The van der Waals surface area contributed by atoms with Crippen molar-refractivity contribution in [1.29, 1.82) is 0 Å². The van der Waals surface area contributed by atoms with E-state index in [2.05, 4.69) is 53.9 Å². The van der Waals surface area contributed by atoms with Crippen LogP contribution in [0.4, 0.5) is 0 Å². The van der Waals surface area contributed by atoms with Crippen molar-refractivity contribution in [2.24, 2.45) is 34.5 Å². The summed E-state index contributed by atoms with van der Waals surface area (Å²) in [6.07, 6.45) is 13.0. The van der Waals surface area contributed by atoms with Gasteiger partial charge >= 0.3 is 0 Å². The highest BCUT2D eigenvalue weighted by atomic mass is 14.6. The standard InChI is InChI=1S/C23H40/c1-8-20-19-12-10-11-18(5)23(7,16-13-17(3)4)21(19)14-15-22(20,6)9-2/h9,17,19-21H,2,5,8,10-16H2,1,3-4,6-7H3. The molecule has 0 spiro atoms. The highest BCUT2D eigenvalue weighted by Gasteiger charge is 2.51. The molecule has 2 fully saturated rings. The summed E-state index contributed by atoms with van der Waals surface area (Å²) in [5.74, 6) is 3.32. The van der Waals surface area contributed by atoms with Gasteiger partial charge in [-0.15, -0.1) is 6.58 Å². The fourth-order valence-corrected chi connectivity index (χ4v) is 5.90. The van der Waals surface area contributed by atoms with E-state index in [0.29, 0.717) is 10.8 Å². The van der Waals surface area contributed by atoms with Crippen LogP contribution in [0.25, 0.3) is 0 Å². The molecule has 0 aromatic rings. The summed E-state index contributed by atoms with van der Waals surface area (Å²) in [5, 5.41) is 0. The zero-order chi connectivity index (χ0) is 17.3. The Balaban J connectivity index is 2.34. The molecular formula is C23H40. The molecule has 5 unspecified atom stereocenters. The fourth-order valence-electron chi connectivity index (χ4n) is 5.90. The van der Waals surface area contributed by atoms with E-state index in [1.54, 1.807) is 5.57 Å². The monoisotopic (exact) mass is 316 g/mol. The lowest BCUT2D eigenvalue weighted by Gasteiger charge is -2.53. The molecule has 0 heteroatoms. The summed E-state index contributed by atoms with van der Waals surface area (Å²) in [4.78, 5) is 0. The molecule has 2 aliphatic carbocycles. The number of rotatable bonds is 5. The smallest absolute Gasteiger partial charge is 0.00880 e. The van der Waals surface area contributed by atoms with Gasteiger partial charge in [-0.3, -0.25) is 0 Å². The molecule has 0 bridgehead atoms. The van der Waals surface area contributed by atoms with Crippen LogP contribution in [0.5, 0.6) is 0 Å². The van der Waals surface area contributed by atoms with E-state index in [4.69, 9.17) is 0 Å². The summed E-state index contributed by atoms with van der Waals surface area (Å²) >= 11 is 0. The van der Waals surface area contributed by atoms with E-state index in [-0.39, 0.29) is 0 Å². The second-order valence-electron chi connectivity index (χ2n) is 9.38. The molecule has 0 aliphatic heterocycles. The second kappa shape index (κ2) is 7.16. The maximum Gasteiger partial charge on any atom is -0.00880 e. The van der Waals surface area contributed by atoms with Crippen molar-refractivity contribution in [3.05, 3.63) is 24.8 Å². The molecule has 132 valence electrons. The van der Waals surface area contributed by atoms with Crippen molar-refractivity contribution in [1.82, 2.24) is 0 Å². The molecule has 0 N–H and O–H groups in total. The Bertz CT molecular complexity index is 431. The predicted octanol–water partition coefficient (Wildman–Crippen LogP) is 7.41. The van der Waals surface area contributed by atoms with Crippen LogP contribution in [-0.2, 0) is 0 Å². The Morgan fingerprint density at radius 3 is 2.52 bits per heavy atom. The minimum absolute atomic E-state index is 0.348. The summed E-state index contributed by atoms with van der Waals surface area (Å²) in [6, 6.07) is 0. The van der Waals surface area contributed by atoms with E-state index in [1.165, 1.54) is 51.4 Å². The lowest BCUT2D eigenvalue weighted by molar-refractivity contribution is -0.00854. The SMILES string of the molecule is C=CC1(C)CCC2C(CCCC(=C)C2(C)CCC(C)C)C1CC. The molecule has 2 saturated carbocycles. The molecule has 0 heterocycles. The Hall–Kier alpha value is -0.520.